The first-order valence-electron chi connectivity index (χ1n) is 9.55. The van der Waals surface area contributed by atoms with Crippen LogP contribution in [-0.2, 0) is 19.4 Å². The van der Waals surface area contributed by atoms with Gasteiger partial charge in [0.05, 0.1) is 24.2 Å². The lowest BCUT2D eigenvalue weighted by Gasteiger charge is -2.29. The third-order valence-electron chi connectivity index (χ3n) is 5.23. The second kappa shape index (κ2) is 8.41. The molecule has 1 saturated heterocycles. The summed E-state index contributed by atoms with van der Waals surface area (Å²) in [6.07, 6.45) is -0.613. The molecule has 0 radical (unpaired) electrons. The molecule has 0 bridgehead atoms. The zero-order chi connectivity index (χ0) is 21.2. The molecule has 1 fully saturated rings. The fraction of sp³-hybridized carbons (Fsp3) is 0.429. The van der Waals surface area contributed by atoms with E-state index in [0.29, 0.717) is 29.7 Å². The monoisotopic (exact) mass is 419 g/mol. The van der Waals surface area contributed by atoms with E-state index in [1.54, 1.807) is 32.2 Å². The number of benzene rings is 2. The first kappa shape index (κ1) is 21.1. The van der Waals surface area contributed by atoms with E-state index >= 15 is 0 Å². The summed E-state index contributed by atoms with van der Waals surface area (Å²) in [5.41, 5.74) is 0.340. The molecule has 2 aromatic rings. The number of carbonyl (C=O) groups excluding carboxylic acids is 2. The lowest BCUT2D eigenvalue weighted by molar-refractivity contribution is -0.141. The van der Waals surface area contributed by atoms with Crippen molar-refractivity contribution in [2.75, 3.05) is 25.2 Å². The van der Waals surface area contributed by atoms with Crippen LogP contribution in [0.1, 0.15) is 30.6 Å². The van der Waals surface area contributed by atoms with E-state index in [-0.39, 0.29) is 23.5 Å². The van der Waals surface area contributed by atoms with Gasteiger partial charge in [-0.1, -0.05) is 24.3 Å². The normalized spacial score (nSPS) is 18.9. The Kier molecular flexibility index (Phi) is 6.12. The molecule has 1 aliphatic heterocycles. The van der Waals surface area contributed by atoms with Crippen LogP contribution in [0.5, 0.6) is 5.75 Å². The van der Waals surface area contributed by atoms with E-state index in [0.717, 1.165) is 5.39 Å². The van der Waals surface area contributed by atoms with Gasteiger partial charge >= 0.3 is 5.97 Å². The molecule has 29 heavy (non-hydrogen) atoms. The Balaban J connectivity index is 1.78. The minimum absolute atomic E-state index is 0.0453. The van der Waals surface area contributed by atoms with Crippen molar-refractivity contribution in [2.45, 2.75) is 32.4 Å². The summed E-state index contributed by atoms with van der Waals surface area (Å²) in [6.45, 7) is 3.65. The third kappa shape index (κ3) is 4.37. The summed E-state index contributed by atoms with van der Waals surface area (Å²) in [5, 5.41) is 1.44. The van der Waals surface area contributed by atoms with Gasteiger partial charge in [0.25, 0.3) is 5.91 Å². The first-order chi connectivity index (χ1) is 13.8. The van der Waals surface area contributed by atoms with Crippen molar-refractivity contribution in [2.24, 2.45) is 0 Å². The van der Waals surface area contributed by atoms with Gasteiger partial charge in [-0.3, -0.25) is 4.79 Å². The number of likely N-dealkylation sites (N-methyl/N-ethyl adjacent to an activating group) is 1. The number of ether oxygens (including phenoxy) is 2. The number of esters is 1. The molecule has 8 heteroatoms. The van der Waals surface area contributed by atoms with Gasteiger partial charge in [0.2, 0.25) is 0 Å². The highest BCUT2D eigenvalue weighted by Crippen LogP contribution is 2.29. The molecule has 0 aromatic heterocycles. The van der Waals surface area contributed by atoms with Gasteiger partial charge in [-0.2, -0.15) is 0 Å². The number of nitrogens with zero attached hydrogens (tertiary/aromatic N) is 1. The van der Waals surface area contributed by atoms with E-state index in [1.165, 1.54) is 11.8 Å². The number of methoxy groups -OCH3 is 1. The van der Waals surface area contributed by atoms with Crippen molar-refractivity contribution in [1.82, 2.24) is 4.90 Å². The third-order valence-corrected chi connectivity index (χ3v) is 6.98. The molecule has 1 heterocycles. The Labute approximate surface area is 170 Å². The quantitative estimate of drug-likeness (QED) is 0.668. The van der Waals surface area contributed by atoms with Crippen molar-refractivity contribution < 1.29 is 27.5 Å². The van der Waals surface area contributed by atoms with Crippen LogP contribution < -0.4 is 4.74 Å². The molecule has 0 saturated carbocycles. The predicted molar refractivity (Wildman–Crippen MR) is 110 cm³/mol. The Hall–Kier alpha value is -2.61. The molecule has 0 unspecified atom stereocenters. The van der Waals surface area contributed by atoms with Crippen molar-refractivity contribution in [3.8, 4) is 5.75 Å². The molecule has 2 atom stereocenters. The predicted octanol–water partition coefficient (Wildman–Crippen LogP) is 2.43. The molecule has 0 spiro atoms. The maximum Gasteiger partial charge on any atom is 0.339 e. The summed E-state index contributed by atoms with van der Waals surface area (Å²) in [4.78, 5) is 27.1. The van der Waals surface area contributed by atoms with E-state index < -0.39 is 21.9 Å². The van der Waals surface area contributed by atoms with Crippen LogP contribution in [0.3, 0.4) is 0 Å². The second-order valence-corrected chi connectivity index (χ2v) is 9.32. The smallest absolute Gasteiger partial charge is 0.339 e. The number of fused-ring (bicyclic) bond motifs is 1. The lowest BCUT2D eigenvalue weighted by atomic mass is 10.0. The number of rotatable bonds is 6. The number of carbonyl (C=O) groups is 2. The Morgan fingerprint density at radius 2 is 1.86 bits per heavy atom. The van der Waals surface area contributed by atoms with Gasteiger partial charge in [0, 0.05) is 18.0 Å². The summed E-state index contributed by atoms with van der Waals surface area (Å²) in [7, 11) is -1.56. The highest BCUT2D eigenvalue weighted by molar-refractivity contribution is 7.91. The number of sulfone groups is 1. The SMILES string of the molecule is CCN(C(=O)[C@@H](C)OC(=O)c1ccc(OC)c2ccccc12)[C@H]1CCS(=O)(=O)C1. The fourth-order valence-electron chi connectivity index (χ4n) is 3.75. The Bertz CT molecular complexity index is 1030. The Morgan fingerprint density at radius 3 is 2.45 bits per heavy atom. The fourth-order valence-corrected chi connectivity index (χ4v) is 5.48. The molecule has 2 aromatic carbocycles. The summed E-state index contributed by atoms with van der Waals surface area (Å²) < 4.78 is 34.3. The van der Waals surface area contributed by atoms with Crippen molar-refractivity contribution in [3.05, 3.63) is 42.0 Å². The van der Waals surface area contributed by atoms with Crippen LogP contribution in [0.2, 0.25) is 0 Å². The zero-order valence-electron chi connectivity index (χ0n) is 16.8. The topological polar surface area (TPSA) is 90.0 Å². The van der Waals surface area contributed by atoms with Crippen molar-refractivity contribution in [1.29, 1.82) is 0 Å². The average molecular weight is 419 g/mol. The number of hydrogen-bond acceptors (Lipinski definition) is 6. The van der Waals surface area contributed by atoms with Crippen LogP contribution in [0, 0.1) is 0 Å². The Morgan fingerprint density at radius 1 is 1.17 bits per heavy atom. The van der Waals surface area contributed by atoms with Crippen LogP contribution in [0.25, 0.3) is 10.8 Å². The maximum absolute atomic E-state index is 12.8. The zero-order valence-corrected chi connectivity index (χ0v) is 17.6. The molecule has 3 rings (SSSR count). The van der Waals surface area contributed by atoms with Crippen LogP contribution in [-0.4, -0.2) is 62.5 Å². The highest BCUT2D eigenvalue weighted by atomic mass is 32.2. The molecular formula is C21H25NO6S. The van der Waals surface area contributed by atoms with E-state index in [9.17, 15) is 18.0 Å². The second-order valence-electron chi connectivity index (χ2n) is 7.09. The van der Waals surface area contributed by atoms with Crippen LogP contribution in [0.15, 0.2) is 36.4 Å². The lowest BCUT2D eigenvalue weighted by Crippen LogP contribution is -2.46. The van der Waals surface area contributed by atoms with Crippen molar-refractivity contribution >= 4 is 32.5 Å². The molecule has 0 aliphatic carbocycles. The molecule has 1 aliphatic rings. The maximum atomic E-state index is 12.8. The number of hydrogen-bond donors (Lipinski definition) is 0. The summed E-state index contributed by atoms with van der Waals surface area (Å²) in [6, 6.07) is 10.2. The molecular weight excluding hydrogens is 394 g/mol. The summed E-state index contributed by atoms with van der Waals surface area (Å²) in [5.74, 6) is -0.328. The van der Waals surface area contributed by atoms with E-state index in [1.807, 2.05) is 18.2 Å². The number of amides is 1. The highest BCUT2D eigenvalue weighted by Gasteiger charge is 2.36. The van der Waals surface area contributed by atoms with Crippen LogP contribution in [0.4, 0.5) is 0 Å². The van der Waals surface area contributed by atoms with Crippen molar-refractivity contribution in [3.63, 3.8) is 0 Å². The summed E-state index contributed by atoms with van der Waals surface area (Å²) >= 11 is 0. The minimum atomic E-state index is -3.12. The molecule has 156 valence electrons. The van der Waals surface area contributed by atoms with Crippen LogP contribution >= 0.6 is 0 Å². The first-order valence-corrected chi connectivity index (χ1v) is 11.4. The average Bonchev–Trinajstić information content (AvgIpc) is 3.06. The molecule has 0 N–H and O–H groups in total. The molecule has 7 nitrogen and oxygen atoms in total. The van der Waals surface area contributed by atoms with Gasteiger partial charge in [0.15, 0.2) is 15.9 Å². The van der Waals surface area contributed by atoms with Gasteiger partial charge < -0.3 is 14.4 Å². The van der Waals surface area contributed by atoms with E-state index in [2.05, 4.69) is 0 Å². The largest absolute Gasteiger partial charge is 0.496 e. The van der Waals surface area contributed by atoms with Gasteiger partial charge in [-0.05, 0) is 37.8 Å². The van der Waals surface area contributed by atoms with E-state index in [4.69, 9.17) is 9.47 Å². The standard InChI is InChI=1S/C21H25NO6S/c1-4-22(15-11-12-29(25,26)13-15)20(23)14(2)28-21(24)18-9-10-19(27-3)17-8-6-5-7-16(17)18/h5-10,14-15H,4,11-13H2,1-3H3/t14-,15+/m1/s1. The van der Waals surface area contributed by atoms with Gasteiger partial charge in [-0.15, -0.1) is 0 Å². The minimum Gasteiger partial charge on any atom is -0.496 e. The molecule has 1 amide bonds. The van der Waals surface area contributed by atoms with Gasteiger partial charge in [0.1, 0.15) is 5.75 Å². The van der Waals surface area contributed by atoms with Gasteiger partial charge in [-0.25, -0.2) is 13.2 Å².